The van der Waals surface area contributed by atoms with Gasteiger partial charge in [0.1, 0.15) is 0 Å². The Bertz CT molecular complexity index is 63.4. The van der Waals surface area contributed by atoms with Crippen LogP contribution in [-0.2, 0) is 4.18 Å². The van der Waals surface area contributed by atoms with Crippen molar-refractivity contribution in [2.75, 3.05) is 11.9 Å². The molecule has 1 saturated heterocycles. The van der Waals surface area contributed by atoms with E-state index in [0.29, 0.717) is 5.25 Å². The Hall–Kier alpha value is 0.790. The zero-order chi connectivity index (χ0) is 5.82. The molecule has 1 atom stereocenters. The summed E-state index contributed by atoms with van der Waals surface area (Å²) in [7, 11) is 0. The summed E-state index contributed by atoms with van der Waals surface area (Å²) in [5, 5.41) is 1.77. The summed E-state index contributed by atoms with van der Waals surface area (Å²) in [6.07, 6.45) is 2.53. The van der Waals surface area contributed by atoms with Gasteiger partial charge in [0.2, 0.25) is 0 Å². The fourth-order valence-electron chi connectivity index (χ4n) is 0.665. The molecule has 0 spiro atoms. The van der Waals surface area contributed by atoms with E-state index in [1.54, 1.807) is 12.0 Å². The molecule has 1 aliphatic rings. The molecule has 3 heteroatoms. The van der Waals surface area contributed by atoms with Crippen molar-refractivity contribution in [3.63, 3.8) is 0 Å². The van der Waals surface area contributed by atoms with E-state index in [9.17, 15) is 0 Å². The number of halogens is 1. The Labute approximate surface area is 62.5 Å². The standard InChI is InChI=1S/C5H9BrOS/c6-4-5-2-1-3-7-8-5/h5H,1-4H2. The van der Waals surface area contributed by atoms with Gasteiger partial charge in [0.25, 0.3) is 0 Å². The van der Waals surface area contributed by atoms with Crippen LogP contribution < -0.4 is 0 Å². The van der Waals surface area contributed by atoms with Crippen LogP contribution in [0.1, 0.15) is 12.8 Å². The van der Waals surface area contributed by atoms with Crippen LogP contribution in [0.15, 0.2) is 0 Å². The van der Waals surface area contributed by atoms with Crippen molar-refractivity contribution in [1.82, 2.24) is 0 Å². The van der Waals surface area contributed by atoms with Crippen LogP contribution >= 0.6 is 28.0 Å². The second kappa shape index (κ2) is 3.75. The molecule has 0 bridgehead atoms. The maximum Gasteiger partial charge on any atom is 0.0614 e. The fraction of sp³-hybridized carbons (Fsp3) is 1.00. The molecule has 0 amide bonds. The minimum absolute atomic E-state index is 0.698. The second-order valence-electron chi connectivity index (χ2n) is 1.84. The van der Waals surface area contributed by atoms with Crippen LogP contribution in [0.2, 0.25) is 0 Å². The van der Waals surface area contributed by atoms with Crippen molar-refractivity contribution in [1.29, 1.82) is 0 Å². The quantitative estimate of drug-likeness (QED) is 0.470. The van der Waals surface area contributed by atoms with E-state index in [0.717, 1.165) is 11.9 Å². The van der Waals surface area contributed by atoms with E-state index < -0.39 is 0 Å². The lowest BCUT2D eigenvalue weighted by atomic mass is 10.2. The molecular formula is C5H9BrOS. The predicted molar refractivity (Wildman–Crippen MR) is 40.4 cm³/mol. The lowest BCUT2D eigenvalue weighted by Gasteiger charge is -2.17. The molecule has 0 saturated carbocycles. The Morgan fingerprint density at radius 3 is 3.00 bits per heavy atom. The predicted octanol–water partition coefficient (Wildman–Crippen LogP) is 2.21. The highest BCUT2D eigenvalue weighted by Gasteiger charge is 2.12. The van der Waals surface area contributed by atoms with E-state index in [1.165, 1.54) is 12.8 Å². The minimum Gasteiger partial charge on any atom is -0.315 e. The van der Waals surface area contributed by atoms with Crippen molar-refractivity contribution in [2.45, 2.75) is 18.1 Å². The summed E-state index contributed by atoms with van der Waals surface area (Å²) in [6.45, 7) is 0.939. The molecule has 1 heterocycles. The summed E-state index contributed by atoms with van der Waals surface area (Å²) < 4.78 is 5.16. The van der Waals surface area contributed by atoms with Crippen molar-refractivity contribution in [3.05, 3.63) is 0 Å². The smallest absolute Gasteiger partial charge is 0.0614 e. The Morgan fingerprint density at radius 2 is 2.62 bits per heavy atom. The van der Waals surface area contributed by atoms with Gasteiger partial charge in [-0.25, -0.2) is 0 Å². The molecule has 1 fully saturated rings. The van der Waals surface area contributed by atoms with E-state index in [2.05, 4.69) is 15.9 Å². The molecule has 0 radical (unpaired) electrons. The van der Waals surface area contributed by atoms with Crippen molar-refractivity contribution >= 4 is 28.0 Å². The zero-order valence-corrected chi connectivity index (χ0v) is 7.00. The molecule has 1 nitrogen and oxygen atoms in total. The van der Waals surface area contributed by atoms with E-state index in [-0.39, 0.29) is 0 Å². The third-order valence-electron chi connectivity index (χ3n) is 1.13. The van der Waals surface area contributed by atoms with E-state index in [4.69, 9.17) is 4.18 Å². The van der Waals surface area contributed by atoms with Crippen molar-refractivity contribution in [2.24, 2.45) is 0 Å². The first kappa shape index (κ1) is 6.90. The van der Waals surface area contributed by atoms with Gasteiger partial charge < -0.3 is 4.18 Å². The summed E-state index contributed by atoms with van der Waals surface area (Å²) in [5.74, 6) is 0. The highest BCUT2D eigenvalue weighted by Crippen LogP contribution is 2.24. The van der Waals surface area contributed by atoms with Gasteiger partial charge in [-0.2, -0.15) is 0 Å². The lowest BCUT2D eigenvalue weighted by Crippen LogP contribution is -2.11. The number of hydrogen-bond donors (Lipinski definition) is 0. The average Bonchev–Trinajstić information content (AvgIpc) is 1.90. The van der Waals surface area contributed by atoms with Crippen LogP contribution in [0.5, 0.6) is 0 Å². The Balaban J connectivity index is 2.13. The second-order valence-corrected chi connectivity index (χ2v) is 3.58. The summed E-state index contributed by atoms with van der Waals surface area (Å²) in [4.78, 5) is 0. The topological polar surface area (TPSA) is 9.23 Å². The van der Waals surface area contributed by atoms with Crippen LogP contribution in [0.3, 0.4) is 0 Å². The monoisotopic (exact) mass is 196 g/mol. The van der Waals surface area contributed by atoms with Crippen LogP contribution in [-0.4, -0.2) is 17.2 Å². The zero-order valence-electron chi connectivity index (χ0n) is 4.60. The number of rotatable bonds is 1. The summed E-state index contributed by atoms with van der Waals surface area (Å²) in [6, 6.07) is 0. The SMILES string of the molecule is BrCC1CCCOS1. The lowest BCUT2D eigenvalue weighted by molar-refractivity contribution is 0.335. The largest absolute Gasteiger partial charge is 0.315 e. The third kappa shape index (κ3) is 1.96. The first-order chi connectivity index (χ1) is 3.93. The highest BCUT2D eigenvalue weighted by atomic mass is 79.9. The van der Waals surface area contributed by atoms with Gasteiger partial charge in [-0.15, -0.1) is 0 Å². The molecule has 0 N–H and O–H groups in total. The molecule has 0 aromatic heterocycles. The molecule has 0 aromatic rings. The van der Waals surface area contributed by atoms with Gasteiger partial charge in [-0.3, -0.25) is 0 Å². The molecule has 1 rings (SSSR count). The maximum absolute atomic E-state index is 5.16. The average molecular weight is 197 g/mol. The van der Waals surface area contributed by atoms with Crippen molar-refractivity contribution in [3.8, 4) is 0 Å². The first-order valence-electron chi connectivity index (χ1n) is 2.77. The van der Waals surface area contributed by atoms with E-state index >= 15 is 0 Å². The van der Waals surface area contributed by atoms with Crippen LogP contribution in [0.4, 0.5) is 0 Å². The van der Waals surface area contributed by atoms with Gasteiger partial charge in [-0.1, -0.05) is 15.9 Å². The van der Waals surface area contributed by atoms with Gasteiger partial charge in [0.15, 0.2) is 0 Å². The Morgan fingerprint density at radius 1 is 1.75 bits per heavy atom. The minimum atomic E-state index is 0.698. The third-order valence-corrected chi connectivity index (χ3v) is 3.32. The molecule has 8 heavy (non-hydrogen) atoms. The summed E-state index contributed by atoms with van der Waals surface area (Å²) >= 11 is 5.03. The van der Waals surface area contributed by atoms with Crippen LogP contribution in [0.25, 0.3) is 0 Å². The van der Waals surface area contributed by atoms with Gasteiger partial charge in [0, 0.05) is 10.6 Å². The van der Waals surface area contributed by atoms with Gasteiger partial charge >= 0.3 is 0 Å². The summed E-state index contributed by atoms with van der Waals surface area (Å²) in [5.41, 5.74) is 0. The molecule has 0 aromatic carbocycles. The molecular weight excluding hydrogens is 188 g/mol. The number of hydrogen-bond acceptors (Lipinski definition) is 2. The van der Waals surface area contributed by atoms with Crippen molar-refractivity contribution < 1.29 is 4.18 Å². The first-order valence-corrected chi connectivity index (χ1v) is 4.70. The molecule has 0 aliphatic carbocycles. The molecule has 48 valence electrons. The number of alkyl halides is 1. The maximum atomic E-state index is 5.16. The normalized spacial score (nSPS) is 30.4. The fourth-order valence-corrected chi connectivity index (χ4v) is 2.03. The highest BCUT2D eigenvalue weighted by molar-refractivity contribution is 9.09. The van der Waals surface area contributed by atoms with Gasteiger partial charge in [-0.05, 0) is 24.9 Å². The molecule has 1 aliphatic heterocycles. The molecule has 1 unspecified atom stereocenters. The Kier molecular flexibility index (Phi) is 3.23. The van der Waals surface area contributed by atoms with Crippen LogP contribution in [0, 0.1) is 0 Å². The van der Waals surface area contributed by atoms with Gasteiger partial charge in [0.05, 0.1) is 6.61 Å². The van der Waals surface area contributed by atoms with E-state index in [1.807, 2.05) is 0 Å².